The molecule has 1 amide bonds. The van der Waals surface area contributed by atoms with Gasteiger partial charge in [-0.2, -0.15) is 4.99 Å². The van der Waals surface area contributed by atoms with E-state index >= 15 is 0 Å². The third-order valence-corrected chi connectivity index (χ3v) is 6.44. The lowest BCUT2D eigenvalue weighted by Gasteiger charge is -2.05. The van der Waals surface area contributed by atoms with Crippen molar-refractivity contribution in [3.05, 3.63) is 56.3 Å². The normalized spacial score (nSPS) is 12.0. The summed E-state index contributed by atoms with van der Waals surface area (Å²) in [5.74, 6) is -0.979. The first-order chi connectivity index (χ1) is 13.5. The highest BCUT2D eigenvalue weighted by Gasteiger charge is 2.17. The Bertz CT molecular complexity index is 1270. The van der Waals surface area contributed by atoms with E-state index < -0.39 is 11.9 Å². The molecular weight excluding hydrogens is 441 g/mol. The first-order valence-corrected chi connectivity index (χ1v) is 10.3. The Morgan fingerprint density at radius 3 is 2.71 bits per heavy atom. The van der Waals surface area contributed by atoms with Gasteiger partial charge in [-0.1, -0.05) is 46.7 Å². The van der Waals surface area contributed by atoms with Crippen molar-refractivity contribution in [2.24, 2.45) is 4.99 Å². The van der Waals surface area contributed by atoms with Crippen LogP contribution in [0.15, 0.2) is 41.4 Å². The summed E-state index contributed by atoms with van der Waals surface area (Å²) < 4.78 is 7.91. The van der Waals surface area contributed by atoms with Gasteiger partial charge in [0.05, 0.1) is 32.6 Å². The number of para-hydroxylation sites is 1. The monoisotopic (exact) mass is 451 g/mol. The molecule has 0 N–H and O–H groups in total. The molecule has 0 unspecified atom stereocenters. The molecule has 0 spiro atoms. The number of aromatic nitrogens is 2. The number of esters is 1. The summed E-state index contributed by atoms with van der Waals surface area (Å²) in [7, 11) is 1.29. The maximum absolute atomic E-state index is 12.7. The highest BCUT2D eigenvalue weighted by Crippen LogP contribution is 2.30. The Morgan fingerprint density at radius 1 is 1.18 bits per heavy atom. The van der Waals surface area contributed by atoms with Crippen molar-refractivity contribution in [2.45, 2.75) is 6.54 Å². The van der Waals surface area contributed by atoms with E-state index in [9.17, 15) is 9.59 Å². The minimum Gasteiger partial charge on any atom is -0.468 e. The Hall–Kier alpha value is -2.26. The van der Waals surface area contributed by atoms with Crippen LogP contribution in [0.1, 0.15) is 9.80 Å². The second kappa shape index (κ2) is 7.63. The van der Waals surface area contributed by atoms with E-state index in [1.807, 2.05) is 24.3 Å². The van der Waals surface area contributed by atoms with E-state index in [1.165, 1.54) is 29.8 Å². The zero-order valence-electron chi connectivity index (χ0n) is 14.3. The van der Waals surface area contributed by atoms with Gasteiger partial charge in [0, 0.05) is 5.02 Å². The molecule has 0 fully saturated rings. The van der Waals surface area contributed by atoms with Crippen LogP contribution < -0.4 is 4.80 Å². The number of hydrogen-bond acceptors (Lipinski definition) is 6. The lowest BCUT2D eigenvalue weighted by atomic mass is 10.3. The summed E-state index contributed by atoms with van der Waals surface area (Å²) in [4.78, 5) is 33.4. The molecule has 0 atom stereocenters. The quantitative estimate of drug-likeness (QED) is 0.428. The third-order valence-electron chi connectivity index (χ3n) is 3.88. The van der Waals surface area contributed by atoms with Crippen molar-refractivity contribution in [1.29, 1.82) is 0 Å². The topological polar surface area (TPSA) is 73.6 Å². The number of ether oxygens (including phenoxy) is 1. The molecule has 0 bridgehead atoms. The maximum Gasteiger partial charge on any atom is 0.325 e. The predicted octanol–water partition coefficient (Wildman–Crippen LogP) is 4.53. The molecule has 0 aliphatic carbocycles. The number of halogens is 2. The zero-order valence-corrected chi connectivity index (χ0v) is 17.5. The van der Waals surface area contributed by atoms with E-state index in [-0.39, 0.29) is 11.6 Å². The number of carbonyl (C=O) groups is 2. The van der Waals surface area contributed by atoms with E-state index in [4.69, 9.17) is 27.9 Å². The van der Waals surface area contributed by atoms with Crippen LogP contribution in [0.25, 0.3) is 20.4 Å². The van der Waals surface area contributed by atoms with Crippen molar-refractivity contribution in [1.82, 2.24) is 9.55 Å². The van der Waals surface area contributed by atoms with Crippen molar-refractivity contribution < 1.29 is 14.3 Å². The number of benzene rings is 2. The largest absolute Gasteiger partial charge is 0.468 e. The number of rotatable bonds is 3. The number of nitrogens with zero attached hydrogens (tertiary/aromatic N) is 3. The van der Waals surface area contributed by atoms with Crippen molar-refractivity contribution >= 4 is 78.2 Å². The van der Waals surface area contributed by atoms with Gasteiger partial charge in [-0.15, -0.1) is 11.3 Å². The fourth-order valence-corrected chi connectivity index (χ4v) is 5.31. The number of hydrogen-bond donors (Lipinski definition) is 0. The van der Waals surface area contributed by atoms with Gasteiger partial charge in [-0.25, -0.2) is 4.98 Å². The SMILES string of the molecule is COC(=O)Cn1c(=NC(=O)c2nc3ccccc3s2)sc2cc(Cl)cc(Cl)c21. The molecule has 28 heavy (non-hydrogen) atoms. The van der Waals surface area contributed by atoms with Gasteiger partial charge in [0.1, 0.15) is 6.54 Å². The molecule has 0 saturated heterocycles. The molecule has 4 rings (SSSR count). The number of methoxy groups -OCH3 is 1. The average Bonchev–Trinajstić information content (AvgIpc) is 3.23. The molecule has 2 heterocycles. The molecule has 10 heteroatoms. The lowest BCUT2D eigenvalue weighted by molar-refractivity contribution is -0.141. The minimum atomic E-state index is -0.492. The maximum atomic E-state index is 12.7. The summed E-state index contributed by atoms with van der Waals surface area (Å²) in [6.07, 6.45) is 0. The number of thiazole rings is 2. The van der Waals surface area contributed by atoms with Crippen molar-refractivity contribution in [3.63, 3.8) is 0 Å². The summed E-state index contributed by atoms with van der Waals surface area (Å²) in [6, 6.07) is 10.8. The second-order valence-corrected chi connectivity index (χ2v) is 8.57. The first kappa shape index (κ1) is 19.1. The third kappa shape index (κ3) is 3.56. The molecule has 0 aliphatic rings. The van der Waals surface area contributed by atoms with Crippen LogP contribution in [-0.4, -0.2) is 28.5 Å². The fourth-order valence-electron chi connectivity index (χ4n) is 2.65. The highest BCUT2D eigenvalue weighted by molar-refractivity contribution is 7.20. The Morgan fingerprint density at radius 2 is 1.96 bits per heavy atom. The van der Waals surface area contributed by atoms with Gasteiger partial charge in [-0.05, 0) is 24.3 Å². The molecule has 0 radical (unpaired) electrons. The lowest BCUT2D eigenvalue weighted by Crippen LogP contribution is -2.22. The highest BCUT2D eigenvalue weighted by atomic mass is 35.5. The zero-order chi connectivity index (χ0) is 19.8. The standard InChI is InChI=1S/C18H11Cl2N3O3S2/c1-26-14(24)8-23-15-10(20)6-9(19)7-13(15)28-18(23)22-16(25)17-21-11-4-2-3-5-12(11)27-17/h2-7H,8H2,1H3. The van der Waals surface area contributed by atoms with Crippen molar-refractivity contribution in [2.75, 3.05) is 7.11 Å². The first-order valence-electron chi connectivity index (χ1n) is 7.96. The van der Waals surface area contributed by atoms with Crippen LogP contribution in [0, 0.1) is 0 Å². The van der Waals surface area contributed by atoms with Gasteiger partial charge in [0.25, 0.3) is 0 Å². The Kier molecular flexibility index (Phi) is 5.20. The van der Waals surface area contributed by atoms with Crippen LogP contribution in [0.3, 0.4) is 0 Å². The summed E-state index contributed by atoms with van der Waals surface area (Å²) >= 11 is 14.9. The molecule has 0 aliphatic heterocycles. The van der Waals surface area contributed by atoms with Crippen LogP contribution in [0.2, 0.25) is 10.0 Å². The Labute approximate surface area is 176 Å². The van der Waals surface area contributed by atoms with Gasteiger partial charge >= 0.3 is 11.9 Å². The van der Waals surface area contributed by atoms with Gasteiger partial charge < -0.3 is 9.30 Å². The molecule has 2 aromatic carbocycles. The summed E-state index contributed by atoms with van der Waals surface area (Å²) in [5, 5.41) is 1.08. The number of carbonyl (C=O) groups excluding carboxylic acids is 2. The summed E-state index contributed by atoms with van der Waals surface area (Å²) in [6.45, 7) is -0.135. The smallest absolute Gasteiger partial charge is 0.325 e. The molecular formula is C18H11Cl2N3O3S2. The van der Waals surface area contributed by atoms with Gasteiger partial charge in [-0.3, -0.25) is 9.59 Å². The summed E-state index contributed by atoms with van der Waals surface area (Å²) in [5.41, 5.74) is 1.30. The molecule has 2 aromatic heterocycles. The van der Waals surface area contributed by atoms with Crippen molar-refractivity contribution in [3.8, 4) is 0 Å². The Balaban J connectivity index is 1.88. The average molecular weight is 452 g/mol. The minimum absolute atomic E-state index is 0.135. The van der Waals surface area contributed by atoms with Gasteiger partial charge in [0.15, 0.2) is 9.81 Å². The van der Waals surface area contributed by atoms with Crippen LogP contribution >= 0.6 is 45.9 Å². The van der Waals surface area contributed by atoms with E-state index in [1.54, 1.807) is 16.7 Å². The van der Waals surface area contributed by atoms with E-state index in [0.717, 1.165) is 10.2 Å². The number of amides is 1. The molecule has 4 aromatic rings. The van der Waals surface area contributed by atoms with E-state index in [2.05, 4.69) is 9.98 Å². The molecule has 6 nitrogen and oxygen atoms in total. The van der Waals surface area contributed by atoms with E-state index in [0.29, 0.717) is 25.1 Å². The molecule has 0 saturated carbocycles. The number of fused-ring (bicyclic) bond motifs is 2. The fraction of sp³-hybridized carbons (Fsp3) is 0.111. The second-order valence-electron chi connectivity index (χ2n) is 5.68. The van der Waals surface area contributed by atoms with Gasteiger partial charge in [0.2, 0.25) is 0 Å². The van der Waals surface area contributed by atoms with Crippen LogP contribution in [-0.2, 0) is 16.1 Å². The predicted molar refractivity (Wildman–Crippen MR) is 111 cm³/mol. The van der Waals surface area contributed by atoms with Crippen LogP contribution in [0.5, 0.6) is 0 Å². The van der Waals surface area contributed by atoms with Crippen LogP contribution in [0.4, 0.5) is 0 Å². The molecule has 142 valence electrons.